The van der Waals surface area contributed by atoms with Gasteiger partial charge in [-0.05, 0) is 25.1 Å². The molecule has 0 bridgehead atoms. The molecule has 0 radical (unpaired) electrons. The zero-order valence-electron chi connectivity index (χ0n) is 11.9. The molecule has 1 fully saturated rings. The van der Waals surface area contributed by atoms with Crippen molar-refractivity contribution in [2.45, 2.75) is 18.7 Å². The van der Waals surface area contributed by atoms with E-state index in [9.17, 15) is 21.6 Å². The second-order valence-corrected chi connectivity index (χ2v) is 7.56. The molecule has 1 aliphatic heterocycles. The fraction of sp³-hybridized carbons (Fsp3) is 0.615. The molecule has 22 heavy (non-hydrogen) atoms. The standard InChI is InChI=1S/C13H17F3N2O3S/c1-22(19,20)8-11(9-4-5-17-6-9)21-10-2-3-12(18-7-10)13(14,15)16/h2-3,7,9,11,17H,4-6,8H2,1H3/t9-,11-/m0/s1. The molecular formula is C13H17F3N2O3S. The number of ether oxygens (including phenoxy) is 1. The average Bonchev–Trinajstić information content (AvgIpc) is 2.89. The van der Waals surface area contributed by atoms with Crippen molar-refractivity contribution in [3.8, 4) is 5.75 Å². The Morgan fingerprint density at radius 3 is 2.64 bits per heavy atom. The highest BCUT2D eigenvalue weighted by atomic mass is 32.2. The molecule has 1 N–H and O–H groups in total. The molecule has 124 valence electrons. The van der Waals surface area contributed by atoms with Gasteiger partial charge in [0.2, 0.25) is 0 Å². The fourth-order valence-electron chi connectivity index (χ4n) is 2.35. The summed E-state index contributed by atoms with van der Waals surface area (Å²) in [4.78, 5) is 3.31. The summed E-state index contributed by atoms with van der Waals surface area (Å²) in [5, 5.41) is 3.11. The summed E-state index contributed by atoms with van der Waals surface area (Å²) in [6.07, 6.45) is -2.28. The first kappa shape index (κ1) is 17.0. The first-order valence-electron chi connectivity index (χ1n) is 6.73. The number of nitrogens with one attached hydrogen (secondary N) is 1. The van der Waals surface area contributed by atoms with Crippen LogP contribution in [0.15, 0.2) is 18.3 Å². The van der Waals surface area contributed by atoms with Crippen molar-refractivity contribution >= 4 is 9.84 Å². The molecule has 9 heteroatoms. The van der Waals surface area contributed by atoms with Crippen LogP contribution in [0.4, 0.5) is 13.2 Å². The lowest BCUT2D eigenvalue weighted by atomic mass is 10.0. The van der Waals surface area contributed by atoms with E-state index in [-0.39, 0.29) is 17.4 Å². The fourth-order valence-corrected chi connectivity index (χ4v) is 3.29. The smallest absolute Gasteiger partial charge is 0.433 e. The molecule has 0 aromatic carbocycles. The van der Waals surface area contributed by atoms with Gasteiger partial charge in [0.1, 0.15) is 17.5 Å². The maximum absolute atomic E-state index is 12.5. The molecule has 1 aliphatic rings. The summed E-state index contributed by atoms with van der Waals surface area (Å²) in [6.45, 7) is 1.38. The summed E-state index contributed by atoms with van der Waals surface area (Å²) in [5.74, 6) is -0.0500. The van der Waals surface area contributed by atoms with Crippen LogP contribution in [-0.4, -0.2) is 44.6 Å². The highest BCUT2D eigenvalue weighted by Crippen LogP contribution is 2.29. The lowest BCUT2D eigenvalue weighted by Crippen LogP contribution is -2.35. The van der Waals surface area contributed by atoms with E-state index in [2.05, 4.69) is 10.3 Å². The summed E-state index contributed by atoms with van der Waals surface area (Å²) in [5.41, 5.74) is -1.01. The van der Waals surface area contributed by atoms with Crippen molar-refractivity contribution in [1.82, 2.24) is 10.3 Å². The van der Waals surface area contributed by atoms with Crippen LogP contribution in [0.25, 0.3) is 0 Å². The van der Waals surface area contributed by atoms with Crippen molar-refractivity contribution in [1.29, 1.82) is 0 Å². The molecule has 1 aromatic rings. The maximum atomic E-state index is 12.5. The zero-order valence-corrected chi connectivity index (χ0v) is 12.7. The quantitative estimate of drug-likeness (QED) is 0.881. The van der Waals surface area contributed by atoms with Crippen LogP contribution in [0.3, 0.4) is 0 Å². The third-order valence-corrected chi connectivity index (χ3v) is 4.34. The van der Waals surface area contributed by atoms with E-state index in [1.807, 2.05) is 0 Å². The minimum atomic E-state index is -4.51. The van der Waals surface area contributed by atoms with Crippen molar-refractivity contribution < 1.29 is 26.3 Å². The van der Waals surface area contributed by atoms with E-state index in [0.717, 1.165) is 37.6 Å². The second-order valence-electron chi connectivity index (χ2n) is 5.38. The van der Waals surface area contributed by atoms with Crippen LogP contribution >= 0.6 is 0 Å². The van der Waals surface area contributed by atoms with Crippen LogP contribution in [0.5, 0.6) is 5.75 Å². The molecule has 0 unspecified atom stereocenters. The van der Waals surface area contributed by atoms with Gasteiger partial charge in [-0.25, -0.2) is 13.4 Å². The number of hydrogen-bond donors (Lipinski definition) is 1. The van der Waals surface area contributed by atoms with E-state index in [1.165, 1.54) is 0 Å². The summed E-state index contributed by atoms with van der Waals surface area (Å²) in [7, 11) is -3.27. The molecule has 1 saturated heterocycles. The van der Waals surface area contributed by atoms with E-state index >= 15 is 0 Å². The molecule has 0 saturated carbocycles. The highest BCUT2D eigenvalue weighted by Gasteiger charge is 2.33. The second kappa shape index (κ2) is 6.41. The Kier molecular flexibility index (Phi) is 4.96. The maximum Gasteiger partial charge on any atom is 0.433 e. The van der Waals surface area contributed by atoms with Crippen LogP contribution in [0, 0.1) is 5.92 Å². The number of halogens is 3. The summed E-state index contributed by atoms with van der Waals surface area (Å²) >= 11 is 0. The molecule has 2 heterocycles. The normalized spacial score (nSPS) is 20.8. The Balaban J connectivity index is 2.12. The van der Waals surface area contributed by atoms with Crippen LogP contribution < -0.4 is 10.1 Å². The SMILES string of the molecule is CS(=O)(=O)C[C@H](Oc1ccc(C(F)(F)F)nc1)[C@H]1CCNC1. The number of rotatable bonds is 5. The third-order valence-electron chi connectivity index (χ3n) is 3.41. The van der Waals surface area contributed by atoms with Gasteiger partial charge in [-0.2, -0.15) is 13.2 Å². The average molecular weight is 338 g/mol. The summed E-state index contributed by atoms with van der Waals surface area (Å²) < 4.78 is 66.0. The molecular weight excluding hydrogens is 321 g/mol. The predicted octanol–water partition coefficient (Wildman–Crippen LogP) is 1.50. The summed E-state index contributed by atoms with van der Waals surface area (Å²) in [6, 6.07) is 1.98. The van der Waals surface area contributed by atoms with E-state index in [0.29, 0.717) is 6.54 Å². The van der Waals surface area contributed by atoms with Gasteiger partial charge in [0.05, 0.1) is 11.9 Å². The van der Waals surface area contributed by atoms with Gasteiger partial charge < -0.3 is 10.1 Å². The van der Waals surface area contributed by atoms with Gasteiger partial charge in [-0.15, -0.1) is 0 Å². The van der Waals surface area contributed by atoms with Gasteiger partial charge in [0.15, 0.2) is 9.84 Å². The van der Waals surface area contributed by atoms with Crippen molar-refractivity contribution in [3.63, 3.8) is 0 Å². The molecule has 0 aliphatic carbocycles. The molecule has 5 nitrogen and oxygen atoms in total. The van der Waals surface area contributed by atoms with Gasteiger partial charge in [-0.1, -0.05) is 0 Å². The Bertz CT molecular complexity index is 596. The first-order chi connectivity index (χ1) is 10.1. The van der Waals surface area contributed by atoms with Gasteiger partial charge >= 0.3 is 6.18 Å². The highest BCUT2D eigenvalue weighted by molar-refractivity contribution is 7.90. The van der Waals surface area contributed by atoms with E-state index < -0.39 is 27.8 Å². The lowest BCUT2D eigenvalue weighted by molar-refractivity contribution is -0.141. The monoisotopic (exact) mass is 338 g/mol. The Morgan fingerprint density at radius 2 is 2.18 bits per heavy atom. The van der Waals surface area contributed by atoms with Gasteiger partial charge in [0.25, 0.3) is 0 Å². The van der Waals surface area contributed by atoms with Crippen molar-refractivity contribution in [2.75, 3.05) is 25.1 Å². The number of pyridine rings is 1. The molecule has 0 amide bonds. The Labute approximate surface area is 126 Å². The first-order valence-corrected chi connectivity index (χ1v) is 8.79. The number of nitrogens with zero attached hydrogens (tertiary/aromatic N) is 1. The number of aromatic nitrogens is 1. The Hall–Kier alpha value is -1.35. The predicted molar refractivity (Wildman–Crippen MR) is 74.3 cm³/mol. The van der Waals surface area contributed by atoms with Crippen LogP contribution in [0.1, 0.15) is 12.1 Å². The molecule has 2 atom stereocenters. The molecule has 0 spiro atoms. The molecule has 1 aromatic heterocycles. The van der Waals surface area contributed by atoms with Crippen molar-refractivity contribution in [2.24, 2.45) is 5.92 Å². The molecule has 2 rings (SSSR count). The van der Waals surface area contributed by atoms with Gasteiger partial charge in [0, 0.05) is 18.7 Å². The van der Waals surface area contributed by atoms with Crippen LogP contribution in [-0.2, 0) is 16.0 Å². The minimum absolute atomic E-state index is 0.00276. The number of sulfone groups is 1. The minimum Gasteiger partial charge on any atom is -0.487 e. The number of hydrogen-bond acceptors (Lipinski definition) is 5. The third kappa shape index (κ3) is 4.84. The lowest BCUT2D eigenvalue weighted by Gasteiger charge is -2.23. The van der Waals surface area contributed by atoms with Crippen molar-refractivity contribution in [3.05, 3.63) is 24.0 Å². The zero-order chi connectivity index (χ0) is 16.4. The van der Waals surface area contributed by atoms with E-state index in [4.69, 9.17) is 4.74 Å². The van der Waals surface area contributed by atoms with E-state index in [1.54, 1.807) is 0 Å². The van der Waals surface area contributed by atoms with Crippen LogP contribution in [0.2, 0.25) is 0 Å². The largest absolute Gasteiger partial charge is 0.487 e. The topological polar surface area (TPSA) is 68.3 Å². The number of alkyl halides is 3. The van der Waals surface area contributed by atoms with Gasteiger partial charge in [-0.3, -0.25) is 0 Å². The Morgan fingerprint density at radius 1 is 1.45 bits per heavy atom.